The number of aryl methyl sites for hydroxylation is 2. The summed E-state index contributed by atoms with van der Waals surface area (Å²) < 4.78 is 1.60. The number of hydrogen-bond donors (Lipinski definition) is 1. The summed E-state index contributed by atoms with van der Waals surface area (Å²) in [6, 6.07) is 13.3. The van der Waals surface area contributed by atoms with E-state index in [1.54, 1.807) is 16.9 Å². The Labute approximate surface area is 145 Å². The number of carbonyl (C=O) groups excluding carboxylic acids is 1. The minimum absolute atomic E-state index is 0.273. The van der Waals surface area contributed by atoms with Crippen molar-refractivity contribution in [3.63, 3.8) is 0 Å². The topological polar surface area (TPSA) is 59.8 Å². The van der Waals surface area contributed by atoms with Crippen molar-refractivity contribution in [2.24, 2.45) is 0 Å². The van der Waals surface area contributed by atoms with Gasteiger partial charge in [-0.3, -0.25) is 4.79 Å². The van der Waals surface area contributed by atoms with E-state index in [2.05, 4.69) is 22.6 Å². The van der Waals surface area contributed by atoms with E-state index in [0.29, 0.717) is 11.6 Å². The summed E-state index contributed by atoms with van der Waals surface area (Å²) in [5.41, 5.74) is 4.44. The summed E-state index contributed by atoms with van der Waals surface area (Å²) in [6.45, 7) is 4.47. The van der Waals surface area contributed by atoms with E-state index in [1.165, 1.54) is 5.56 Å². The largest absolute Gasteiger partial charge is 0.347 e. The molecule has 0 saturated heterocycles. The number of halogens is 1. The van der Waals surface area contributed by atoms with E-state index in [9.17, 15) is 4.79 Å². The first kappa shape index (κ1) is 16.2. The normalized spacial score (nSPS) is 10.6. The second kappa shape index (κ2) is 6.84. The number of amides is 1. The zero-order valence-electron chi connectivity index (χ0n) is 13.5. The van der Waals surface area contributed by atoms with Gasteiger partial charge in [0.2, 0.25) is 0 Å². The van der Waals surface area contributed by atoms with Gasteiger partial charge in [0.15, 0.2) is 5.69 Å². The molecule has 0 saturated carbocycles. The molecule has 24 heavy (non-hydrogen) atoms. The predicted octanol–water partition coefficient (Wildman–Crippen LogP) is 3.47. The number of aromatic nitrogens is 3. The van der Waals surface area contributed by atoms with Crippen LogP contribution in [-0.2, 0) is 6.54 Å². The molecular formula is C18H17ClN4O. The van der Waals surface area contributed by atoms with Crippen LogP contribution in [0.2, 0.25) is 5.02 Å². The molecule has 2 aromatic carbocycles. The lowest BCUT2D eigenvalue weighted by Gasteiger charge is -2.04. The third-order valence-corrected chi connectivity index (χ3v) is 4.06. The molecule has 0 aliphatic rings. The fourth-order valence-corrected chi connectivity index (χ4v) is 2.49. The number of hydrogen-bond acceptors (Lipinski definition) is 3. The molecule has 6 heteroatoms. The standard InChI is InChI=1S/C18H17ClN4O/c1-12-6-7-16(8-13(12)2)23-11-17(21-22-23)18(24)20-10-14-4-3-5-15(19)9-14/h3-9,11H,10H2,1-2H3,(H,20,24). The van der Waals surface area contributed by atoms with Crippen molar-refractivity contribution < 1.29 is 4.79 Å². The summed E-state index contributed by atoms with van der Waals surface area (Å²) in [7, 11) is 0. The molecule has 0 spiro atoms. The van der Waals surface area contributed by atoms with Gasteiger partial charge >= 0.3 is 0 Å². The highest BCUT2D eigenvalue weighted by molar-refractivity contribution is 6.30. The van der Waals surface area contributed by atoms with E-state index in [4.69, 9.17) is 11.6 Å². The molecule has 3 rings (SSSR count). The van der Waals surface area contributed by atoms with Crippen LogP contribution in [0.3, 0.4) is 0 Å². The van der Waals surface area contributed by atoms with Crippen molar-refractivity contribution in [2.45, 2.75) is 20.4 Å². The number of nitrogens with zero attached hydrogens (tertiary/aromatic N) is 3. The fraction of sp³-hybridized carbons (Fsp3) is 0.167. The lowest BCUT2D eigenvalue weighted by molar-refractivity contribution is 0.0946. The van der Waals surface area contributed by atoms with E-state index in [1.807, 2.05) is 43.3 Å². The highest BCUT2D eigenvalue weighted by Crippen LogP contribution is 2.14. The molecule has 0 bridgehead atoms. The molecular weight excluding hydrogens is 324 g/mol. The van der Waals surface area contributed by atoms with Gasteiger partial charge in [-0.1, -0.05) is 35.0 Å². The number of rotatable bonds is 4. The van der Waals surface area contributed by atoms with Gasteiger partial charge in [-0.15, -0.1) is 5.10 Å². The van der Waals surface area contributed by atoms with Crippen LogP contribution in [0.1, 0.15) is 27.2 Å². The molecule has 1 amide bonds. The number of benzene rings is 2. The highest BCUT2D eigenvalue weighted by Gasteiger charge is 2.11. The third kappa shape index (κ3) is 3.63. The van der Waals surface area contributed by atoms with Gasteiger partial charge in [0, 0.05) is 11.6 Å². The third-order valence-electron chi connectivity index (χ3n) is 3.82. The van der Waals surface area contributed by atoms with Crippen molar-refractivity contribution in [1.82, 2.24) is 20.3 Å². The van der Waals surface area contributed by atoms with Crippen LogP contribution in [-0.4, -0.2) is 20.9 Å². The summed E-state index contributed by atoms with van der Waals surface area (Å²) in [6.07, 6.45) is 1.62. The first-order chi connectivity index (χ1) is 11.5. The minimum Gasteiger partial charge on any atom is -0.347 e. The van der Waals surface area contributed by atoms with Crippen molar-refractivity contribution in [3.05, 3.63) is 76.1 Å². The van der Waals surface area contributed by atoms with Crippen LogP contribution in [0.5, 0.6) is 0 Å². The molecule has 0 fully saturated rings. The van der Waals surface area contributed by atoms with Crippen LogP contribution in [0.15, 0.2) is 48.7 Å². The van der Waals surface area contributed by atoms with Gasteiger partial charge in [-0.05, 0) is 54.8 Å². The van der Waals surface area contributed by atoms with E-state index >= 15 is 0 Å². The monoisotopic (exact) mass is 340 g/mol. The molecule has 3 aromatic rings. The first-order valence-electron chi connectivity index (χ1n) is 7.55. The molecule has 122 valence electrons. The molecule has 5 nitrogen and oxygen atoms in total. The Morgan fingerprint density at radius 1 is 1.17 bits per heavy atom. The van der Waals surface area contributed by atoms with Gasteiger partial charge in [-0.25, -0.2) is 4.68 Å². The Balaban J connectivity index is 1.70. The highest BCUT2D eigenvalue weighted by atomic mass is 35.5. The molecule has 0 aliphatic heterocycles. The van der Waals surface area contributed by atoms with Crippen LogP contribution in [0.25, 0.3) is 5.69 Å². The van der Waals surface area contributed by atoms with Gasteiger partial charge in [-0.2, -0.15) is 0 Å². The van der Waals surface area contributed by atoms with Crippen molar-refractivity contribution in [1.29, 1.82) is 0 Å². The zero-order chi connectivity index (χ0) is 17.1. The fourth-order valence-electron chi connectivity index (χ4n) is 2.28. The maximum Gasteiger partial charge on any atom is 0.273 e. The Morgan fingerprint density at radius 3 is 2.75 bits per heavy atom. The van der Waals surface area contributed by atoms with Crippen LogP contribution >= 0.6 is 11.6 Å². The zero-order valence-corrected chi connectivity index (χ0v) is 14.2. The summed E-state index contributed by atoms with van der Waals surface area (Å²) in [4.78, 5) is 12.2. The van der Waals surface area contributed by atoms with Crippen molar-refractivity contribution >= 4 is 17.5 Å². The maximum absolute atomic E-state index is 12.2. The number of carbonyl (C=O) groups is 1. The molecule has 0 aliphatic carbocycles. The van der Waals surface area contributed by atoms with Crippen molar-refractivity contribution in [3.8, 4) is 5.69 Å². The Hall–Kier alpha value is -2.66. The lowest BCUT2D eigenvalue weighted by atomic mass is 10.1. The van der Waals surface area contributed by atoms with Crippen molar-refractivity contribution in [2.75, 3.05) is 0 Å². The second-order valence-corrected chi connectivity index (χ2v) is 6.07. The lowest BCUT2D eigenvalue weighted by Crippen LogP contribution is -2.23. The van der Waals surface area contributed by atoms with Gasteiger partial charge in [0.1, 0.15) is 0 Å². The predicted molar refractivity (Wildman–Crippen MR) is 93.5 cm³/mol. The SMILES string of the molecule is Cc1ccc(-n2cc(C(=O)NCc3cccc(Cl)c3)nn2)cc1C. The smallest absolute Gasteiger partial charge is 0.273 e. The maximum atomic E-state index is 12.2. The second-order valence-electron chi connectivity index (χ2n) is 5.63. The summed E-state index contributed by atoms with van der Waals surface area (Å²) in [5, 5.41) is 11.4. The van der Waals surface area contributed by atoms with Gasteiger partial charge in [0.25, 0.3) is 5.91 Å². The molecule has 0 atom stereocenters. The molecule has 1 aromatic heterocycles. The Bertz CT molecular complexity index is 888. The van der Waals surface area contributed by atoms with Crippen LogP contribution < -0.4 is 5.32 Å². The Kier molecular flexibility index (Phi) is 4.62. The van der Waals surface area contributed by atoms with Crippen LogP contribution in [0, 0.1) is 13.8 Å². The average molecular weight is 341 g/mol. The quantitative estimate of drug-likeness (QED) is 0.791. The van der Waals surface area contributed by atoms with Gasteiger partial charge < -0.3 is 5.32 Å². The van der Waals surface area contributed by atoms with E-state index < -0.39 is 0 Å². The first-order valence-corrected chi connectivity index (χ1v) is 7.93. The van der Waals surface area contributed by atoms with E-state index in [0.717, 1.165) is 16.8 Å². The number of nitrogens with one attached hydrogen (secondary N) is 1. The molecule has 0 radical (unpaired) electrons. The average Bonchev–Trinajstić information content (AvgIpc) is 3.05. The Morgan fingerprint density at radius 2 is 2.00 bits per heavy atom. The molecule has 0 unspecified atom stereocenters. The molecule has 1 N–H and O–H groups in total. The minimum atomic E-state index is -0.273. The summed E-state index contributed by atoms with van der Waals surface area (Å²) in [5.74, 6) is -0.273. The van der Waals surface area contributed by atoms with Crippen LogP contribution in [0.4, 0.5) is 0 Å². The van der Waals surface area contributed by atoms with E-state index in [-0.39, 0.29) is 11.6 Å². The van der Waals surface area contributed by atoms with Gasteiger partial charge in [0.05, 0.1) is 11.9 Å². The molecule has 1 heterocycles. The summed E-state index contributed by atoms with van der Waals surface area (Å²) >= 11 is 5.93.